The van der Waals surface area contributed by atoms with E-state index in [2.05, 4.69) is 16.8 Å². The molecule has 2 aromatic heterocycles. The molecule has 194 valence electrons. The van der Waals surface area contributed by atoms with Crippen LogP contribution in [-0.2, 0) is 27.9 Å². The first-order valence-corrected chi connectivity index (χ1v) is 12.5. The summed E-state index contributed by atoms with van der Waals surface area (Å²) in [5, 5.41) is 13.4. The fourth-order valence-electron chi connectivity index (χ4n) is 4.62. The van der Waals surface area contributed by atoms with Gasteiger partial charge in [0.2, 0.25) is 0 Å². The van der Waals surface area contributed by atoms with E-state index in [-0.39, 0.29) is 17.7 Å². The van der Waals surface area contributed by atoms with Crippen molar-refractivity contribution in [2.24, 2.45) is 7.05 Å². The Bertz CT molecular complexity index is 1270. The van der Waals surface area contributed by atoms with Crippen LogP contribution >= 0.6 is 0 Å². The van der Waals surface area contributed by atoms with E-state index in [0.29, 0.717) is 18.7 Å². The van der Waals surface area contributed by atoms with Crippen molar-refractivity contribution in [3.05, 3.63) is 51.9 Å². The molecule has 9 nitrogen and oxygen atoms in total. The molecule has 0 aliphatic heterocycles. The van der Waals surface area contributed by atoms with Crippen molar-refractivity contribution >= 4 is 17.0 Å². The quantitative estimate of drug-likeness (QED) is 0.416. The number of aliphatic hydroxyl groups is 1. The smallest absolute Gasteiger partial charge is 0.326 e. The number of fused-ring (bicyclic) bond motifs is 1. The summed E-state index contributed by atoms with van der Waals surface area (Å²) in [4.78, 5) is 29.7. The van der Waals surface area contributed by atoms with Gasteiger partial charge in [0.25, 0.3) is 5.56 Å². The zero-order chi connectivity index (χ0) is 26.0. The number of nitrogens with one attached hydrogen (secondary N) is 1. The summed E-state index contributed by atoms with van der Waals surface area (Å²) < 4.78 is 14.7. The van der Waals surface area contributed by atoms with Gasteiger partial charge in [0.05, 0.1) is 29.8 Å². The van der Waals surface area contributed by atoms with Crippen molar-refractivity contribution in [2.45, 2.75) is 70.9 Å². The molecule has 4 rings (SSSR count). The number of methoxy groups -OCH3 is 1. The number of hydrogen-bond acceptors (Lipinski definition) is 7. The van der Waals surface area contributed by atoms with Crippen LogP contribution < -0.4 is 10.9 Å². The number of carbonyl (C=O) groups excluding carboxylic acids is 1. The van der Waals surface area contributed by atoms with Gasteiger partial charge in [-0.05, 0) is 63.8 Å². The van der Waals surface area contributed by atoms with Gasteiger partial charge in [-0.25, -0.2) is 4.98 Å². The van der Waals surface area contributed by atoms with E-state index >= 15 is 0 Å². The number of aliphatic hydroxyl groups excluding tert-OH is 1. The molecule has 0 bridgehead atoms. The number of carbonyl (C=O) groups is 1. The summed E-state index contributed by atoms with van der Waals surface area (Å²) in [7, 11) is 3.41. The number of hydrogen-bond donors (Lipinski definition) is 2. The second kappa shape index (κ2) is 10.9. The molecule has 0 amide bonds. The van der Waals surface area contributed by atoms with Crippen molar-refractivity contribution in [1.29, 1.82) is 0 Å². The third-order valence-corrected chi connectivity index (χ3v) is 6.82. The Morgan fingerprint density at radius 2 is 2.03 bits per heavy atom. The molecule has 3 atom stereocenters. The lowest BCUT2D eigenvalue weighted by atomic mass is 9.96. The Morgan fingerprint density at radius 1 is 1.28 bits per heavy atom. The number of benzene rings is 1. The van der Waals surface area contributed by atoms with E-state index in [9.17, 15) is 14.7 Å². The number of ether oxygens (including phenoxy) is 2. The van der Waals surface area contributed by atoms with E-state index in [4.69, 9.17) is 14.5 Å². The summed E-state index contributed by atoms with van der Waals surface area (Å²) in [6.07, 6.45) is 3.73. The number of aryl methyl sites for hydroxylation is 2. The van der Waals surface area contributed by atoms with Crippen molar-refractivity contribution in [3.8, 4) is 11.4 Å². The maximum Gasteiger partial charge on any atom is 0.326 e. The van der Waals surface area contributed by atoms with E-state index in [0.717, 1.165) is 47.2 Å². The SMILES string of the molecule is COCC(C)n1c(-c2cc(C)c(=O)n(C)c2)nc2ccc(CNC(C(=O)OC3CCC3)C(C)O)cc21. The Balaban J connectivity index is 1.66. The summed E-state index contributed by atoms with van der Waals surface area (Å²) in [6, 6.07) is 6.99. The molecule has 0 radical (unpaired) electrons. The summed E-state index contributed by atoms with van der Waals surface area (Å²) in [6.45, 7) is 6.32. The van der Waals surface area contributed by atoms with Gasteiger partial charge >= 0.3 is 5.97 Å². The van der Waals surface area contributed by atoms with Crippen molar-refractivity contribution in [1.82, 2.24) is 19.4 Å². The molecule has 2 N–H and O–H groups in total. The van der Waals surface area contributed by atoms with Gasteiger partial charge in [-0.15, -0.1) is 0 Å². The molecule has 1 aromatic carbocycles. The highest BCUT2D eigenvalue weighted by molar-refractivity contribution is 5.82. The molecule has 0 spiro atoms. The van der Waals surface area contributed by atoms with Crippen LogP contribution in [0.1, 0.15) is 50.3 Å². The number of nitrogens with zero attached hydrogens (tertiary/aromatic N) is 3. The molecule has 1 aliphatic rings. The molecular formula is C27H36N4O5. The molecule has 1 saturated carbocycles. The van der Waals surface area contributed by atoms with Gasteiger partial charge in [-0.2, -0.15) is 0 Å². The lowest BCUT2D eigenvalue weighted by Gasteiger charge is -2.28. The van der Waals surface area contributed by atoms with Crippen LogP contribution in [0.4, 0.5) is 0 Å². The average Bonchev–Trinajstić information content (AvgIpc) is 3.18. The average molecular weight is 497 g/mol. The summed E-state index contributed by atoms with van der Waals surface area (Å²) in [5.74, 6) is 0.339. The third-order valence-electron chi connectivity index (χ3n) is 6.82. The minimum atomic E-state index is -0.881. The Hall–Kier alpha value is -3.01. The first-order chi connectivity index (χ1) is 17.2. The molecule has 1 fully saturated rings. The highest BCUT2D eigenvalue weighted by Crippen LogP contribution is 2.29. The van der Waals surface area contributed by atoms with E-state index in [1.165, 1.54) is 0 Å². The van der Waals surface area contributed by atoms with Crippen LogP contribution in [-0.4, -0.2) is 57.2 Å². The molecule has 36 heavy (non-hydrogen) atoms. The highest BCUT2D eigenvalue weighted by Gasteiger charge is 2.29. The largest absolute Gasteiger partial charge is 0.461 e. The summed E-state index contributed by atoms with van der Waals surface area (Å²) in [5.41, 5.74) is 4.14. The van der Waals surface area contributed by atoms with Crippen LogP contribution in [0.2, 0.25) is 0 Å². The molecule has 0 saturated heterocycles. The lowest BCUT2D eigenvalue weighted by molar-refractivity contribution is -0.158. The first-order valence-electron chi connectivity index (χ1n) is 12.5. The van der Waals surface area contributed by atoms with Crippen LogP contribution in [0.15, 0.2) is 35.3 Å². The van der Waals surface area contributed by atoms with Crippen LogP contribution in [0.5, 0.6) is 0 Å². The van der Waals surface area contributed by atoms with Crippen molar-refractivity contribution < 1.29 is 19.4 Å². The van der Waals surface area contributed by atoms with Gasteiger partial charge in [-0.3, -0.25) is 14.9 Å². The van der Waals surface area contributed by atoms with Crippen LogP contribution in [0, 0.1) is 6.92 Å². The van der Waals surface area contributed by atoms with Gasteiger partial charge in [0.15, 0.2) is 0 Å². The molecule has 2 heterocycles. The van der Waals surface area contributed by atoms with E-state index in [1.807, 2.05) is 24.3 Å². The van der Waals surface area contributed by atoms with Crippen LogP contribution in [0.3, 0.4) is 0 Å². The second-order valence-corrected chi connectivity index (χ2v) is 9.85. The van der Waals surface area contributed by atoms with Crippen molar-refractivity contribution in [3.63, 3.8) is 0 Å². The number of rotatable bonds is 10. The zero-order valence-electron chi connectivity index (χ0n) is 21.7. The predicted molar refractivity (Wildman–Crippen MR) is 138 cm³/mol. The minimum Gasteiger partial charge on any atom is -0.461 e. The summed E-state index contributed by atoms with van der Waals surface area (Å²) >= 11 is 0. The van der Waals surface area contributed by atoms with Gasteiger partial charge < -0.3 is 23.7 Å². The fraction of sp³-hybridized carbons (Fsp3) is 0.519. The normalized spacial score (nSPS) is 16.5. The minimum absolute atomic E-state index is 0.0154. The molecule has 3 aromatic rings. The monoisotopic (exact) mass is 496 g/mol. The van der Waals surface area contributed by atoms with Gasteiger partial charge in [0.1, 0.15) is 18.0 Å². The fourth-order valence-corrected chi connectivity index (χ4v) is 4.62. The number of aromatic nitrogens is 3. The molecule has 1 aliphatic carbocycles. The Morgan fingerprint density at radius 3 is 2.64 bits per heavy atom. The lowest BCUT2D eigenvalue weighted by Crippen LogP contribution is -2.47. The topological polar surface area (TPSA) is 108 Å². The van der Waals surface area contributed by atoms with Crippen LogP contribution in [0.25, 0.3) is 22.4 Å². The third kappa shape index (κ3) is 5.38. The second-order valence-electron chi connectivity index (χ2n) is 9.85. The van der Waals surface area contributed by atoms with E-state index < -0.39 is 18.1 Å². The zero-order valence-corrected chi connectivity index (χ0v) is 21.7. The highest BCUT2D eigenvalue weighted by atomic mass is 16.5. The van der Waals surface area contributed by atoms with E-state index in [1.54, 1.807) is 38.8 Å². The molecule has 9 heteroatoms. The number of imidazole rings is 1. The number of esters is 1. The number of pyridine rings is 1. The van der Waals surface area contributed by atoms with Crippen molar-refractivity contribution in [2.75, 3.05) is 13.7 Å². The molecule has 3 unspecified atom stereocenters. The van der Waals surface area contributed by atoms with Gasteiger partial charge in [-0.1, -0.05) is 6.07 Å². The standard InChI is InChI=1S/C27H36N4O5/c1-16-11-20(14-30(4)26(16)33)25-29-22-10-9-19(12-23(22)31(25)17(2)15-35-5)13-28-24(18(3)32)27(34)36-21-7-6-8-21/h9-12,14,17-18,21,24,28,32H,6-8,13,15H2,1-5H3. The Labute approximate surface area is 211 Å². The maximum absolute atomic E-state index is 12.6. The first kappa shape index (κ1) is 26.1. The Kier molecular flexibility index (Phi) is 7.92. The predicted octanol–water partition coefficient (Wildman–Crippen LogP) is 2.85. The molecular weight excluding hydrogens is 460 g/mol. The maximum atomic E-state index is 12.6. The van der Waals surface area contributed by atoms with Gasteiger partial charge in [0, 0.05) is 38.0 Å².